The maximum atomic E-state index is 11.7. The third-order valence-corrected chi connectivity index (χ3v) is 7.81. The molecule has 0 aromatic carbocycles. The Morgan fingerprint density at radius 1 is 0.657 bits per heavy atom. The van der Waals surface area contributed by atoms with Gasteiger partial charge in [-0.1, -0.05) is 128 Å². The van der Waals surface area contributed by atoms with Gasteiger partial charge in [-0.25, -0.2) is 0 Å². The number of hydrogen-bond acceptors (Lipinski definition) is 2. The summed E-state index contributed by atoms with van der Waals surface area (Å²) in [7, 11) is 0.744. The molecular formula is C29H59NO4P+. The molecule has 0 aromatic rings. The summed E-state index contributed by atoms with van der Waals surface area (Å²) < 4.78 is 12.0. The Morgan fingerprint density at radius 2 is 1.06 bits per heavy atom. The minimum atomic E-state index is -4.65. The van der Waals surface area contributed by atoms with Crippen molar-refractivity contribution in [1.82, 2.24) is 0 Å². The van der Waals surface area contributed by atoms with Crippen LogP contribution in [0.2, 0.25) is 0 Å². The summed E-state index contributed by atoms with van der Waals surface area (Å²) in [4.78, 5) is 19.1. The number of unbranched alkanes of at least 4 members (excludes halogenated alkanes) is 17. The molecule has 0 radical (unpaired) electrons. The fourth-order valence-corrected chi connectivity index (χ4v) is 5.38. The van der Waals surface area contributed by atoms with Gasteiger partial charge in [0.25, 0.3) is 0 Å². The molecule has 35 heavy (non-hydrogen) atoms. The molecule has 208 valence electrons. The van der Waals surface area contributed by atoms with Gasteiger partial charge in [0.2, 0.25) is 5.34 Å². The normalized spacial score (nSPS) is 14.8. The van der Waals surface area contributed by atoms with Crippen LogP contribution >= 0.6 is 7.60 Å². The molecule has 0 spiro atoms. The second kappa shape index (κ2) is 20.6. The number of likely N-dealkylation sites (N-methyl/N-ethyl adjacent to an activating group) is 1. The largest absolute Gasteiger partial charge is 0.369 e. The van der Waals surface area contributed by atoms with Crippen LogP contribution in [0.3, 0.4) is 0 Å². The van der Waals surface area contributed by atoms with E-state index in [9.17, 15) is 19.5 Å². The number of aliphatic hydroxyl groups is 1. The maximum absolute atomic E-state index is 11.7. The molecule has 0 amide bonds. The van der Waals surface area contributed by atoms with Crippen molar-refractivity contribution in [3.8, 4) is 0 Å². The van der Waals surface area contributed by atoms with E-state index in [1.54, 1.807) is 27.2 Å². The molecule has 0 heterocycles. The van der Waals surface area contributed by atoms with E-state index in [0.29, 0.717) is 6.42 Å². The Labute approximate surface area is 217 Å². The average Bonchev–Trinajstić information content (AvgIpc) is 2.75. The molecule has 0 rings (SSSR count). The Bertz CT molecular complexity index is 594. The van der Waals surface area contributed by atoms with Crippen molar-refractivity contribution in [3.63, 3.8) is 0 Å². The number of quaternary nitrogens is 1. The molecule has 0 aliphatic carbocycles. The van der Waals surface area contributed by atoms with Crippen molar-refractivity contribution in [1.29, 1.82) is 0 Å². The van der Waals surface area contributed by atoms with Crippen molar-refractivity contribution in [2.75, 3.05) is 27.7 Å². The SMILES string of the molecule is CCCCCCCCCCCCCCCCCCC/C=C\C/C=C\C(O)(C[N+](C)(C)C)P(=O)(O)O. The van der Waals surface area contributed by atoms with Crippen LogP contribution in [-0.2, 0) is 4.57 Å². The van der Waals surface area contributed by atoms with E-state index in [1.807, 2.05) is 6.08 Å². The highest BCUT2D eigenvalue weighted by molar-refractivity contribution is 7.53. The van der Waals surface area contributed by atoms with Crippen LogP contribution in [0.4, 0.5) is 0 Å². The van der Waals surface area contributed by atoms with Crippen molar-refractivity contribution in [2.45, 2.75) is 134 Å². The Hall–Kier alpha value is -0.450. The van der Waals surface area contributed by atoms with Gasteiger partial charge in [0, 0.05) is 0 Å². The van der Waals surface area contributed by atoms with E-state index in [-0.39, 0.29) is 11.0 Å². The lowest BCUT2D eigenvalue weighted by atomic mass is 10.0. The lowest BCUT2D eigenvalue weighted by Gasteiger charge is -2.33. The third-order valence-electron chi connectivity index (χ3n) is 6.51. The fourth-order valence-electron chi connectivity index (χ4n) is 4.48. The molecule has 0 saturated carbocycles. The summed E-state index contributed by atoms with van der Waals surface area (Å²) in [6, 6.07) is 0. The highest BCUT2D eigenvalue weighted by Gasteiger charge is 2.47. The molecule has 0 aliphatic heterocycles. The topological polar surface area (TPSA) is 77.8 Å². The molecule has 6 heteroatoms. The van der Waals surface area contributed by atoms with Gasteiger partial charge in [0.05, 0.1) is 21.1 Å². The summed E-state index contributed by atoms with van der Waals surface area (Å²) in [5, 5.41) is 8.34. The van der Waals surface area contributed by atoms with E-state index in [1.165, 1.54) is 115 Å². The first-order valence-electron chi connectivity index (χ1n) is 14.4. The monoisotopic (exact) mass is 516 g/mol. The van der Waals surface area contributed by atoms with Crippen LogP contribution in [-0.4, -0.2) is 52.4 Å². The van der Waals surface area contributed by atoms with Gasteiger partial charge in [-0.3, -0.25) is 4.57 Å². The summed E-state index contributed by atoms with van der Waals surface area (Å²) in [5.41, 5.74) is 0. The molecular weight excluding hydrogens is 457 g/mol. The molecule has 5 nitrogen and oxygen atoms in total. The molecule has 1 atom stereocenters. The second-order valence-corrected chi connectivity index (χ2v) is 13.3. The number of rotatable bonds is 24. The highest BCUT2D eigenvalue weighted by atomic mass is 31.2. The molecule has 1 unspecified atom stereocenters. The van der Waals surface area contributed by atoms with Gasteiger partial charge >= 0.3 is 7.60 Å². The first-order valence-corrected chi connectivity index (χ1v) is 16.0. The standard InChI is InChI=1S/C29H58NO4P/c1-5-6-7-8-9-10-11-12-13-14-15-16-17-18-19-20-21-22-23-24-25-26-27-29(31,35(32,33)34)28-30(2,3)4/h23-24,26-27,31H,5-22,25,28H2,1-4H3,(H-,32,33,34)/p+1/b24-23-,27-26-. The highest BCUT2D eigenvalue weighted by Crippen LogP contribution is 2.50. The van der Waals surface area contributed by atoms with Gasteiger partial charge in [0.1, 0.15) is 6.54 Å². The summed E-state index contributed by atoms with van der Waals surface area (Å²) >= 11 is 0. The molecule has 0 aromatic heterocycles. The van der Waals surface area contributed by atoms with E-state index in [0.717, 1.165) is 6.42 Å². The zero-order valence-corrected chi connectivity index (χ0v) is 24.5. The minimum Gasteiger partial charge on any atom is -0.369 e. The maximum Gasteiger partial charge on any atom is 0.366 e. The first kappa shape index (κ1) is 34.6. The zero-order valence-electron chi connectivity index (χ0n) is 23.6. The quantitative estimate of drug-likeness (QED) is 0.0524. The summed E-state index contributed by atoms with van der Waals surface area (Å²) in [6.45, 7) is 2.23. The summed E-state index contributed by atoms with van der Waals surface area (Å²) in [5.74, 6) is 0. The molecule has 0 bridgehead atoms. The van der Waals surface area contributed by atoms with E-state index >= 15 is 0 Å². The predicted octanol–water partition coefficient (Wildman–Crippen LogP) is 8.10. The number of nitrogens with zero attached hydrogens (tertiary/aromatic N) is 1. The van der Waals surface area contributed by atoms with Crippen LogP contribution < -0.4 is 0 Å². The van der Waals surface area contributed by atoms with Crippen molar-refractivity contribution in [3.05, 3.63) is 24.3 Å². The lowest BCUT2D eigenvalue weighted by Crippen LogP contribution is -2.48. The van der Waals surface area contributed by atoms with E-state index in [4.69, 9.17) is 0 Å². The van der Waals surface area contributed by atoms with Gasteiger partial charge < -0.3 is 19.4 Å². The van der Waals surface area contributed by atoms with Crippen LogP contribution in [0, 0.1) is 0 Å². The van der Waals surface area contributed by atoms with E-state index in [2.05, 4.69) is 13.0 Å². The molecule has 0 fully saturated rings. The van der Waals surface area contributed by atoms with Gasteiger partial charge in [-0.05, 0) is 25.3 Å². The van der Waals surface area contributed by atoms with Gasteiger partial charge in [-0.15, -0.1) is 0 Å². The average molecular weight is 517 g/mol. The molecule has 0 saturated heterocycles. The van der Waals surface area contributed by atoms with Crippen LogP contribution in [0.25, 0.3) is 0 Å². The molecule has 3 N–H and O–H groups in total. The number of hydrogen-bond donors (Lipinski definition) is 3. The second-order valence-electron chi connectivity index (χ2n) is 11.4. The van der Waals surface area contributed by atoms with Crippen molar-refractivity contribution >= 4 is 7.60 Å². The first-order chi connectivity index (χ1) is 16.5. The molecule has 0 aliphatic rings. The van der Waals surface area contributed by atoms with Crippen molar-refractivity contribution < 1.29 is 23.9 Å². The zero-order chi connectivity index (χ0) is 26.5. The lowest BCUT2D eigenvalue weighted by molar-refractivity contribution is -0.874. The smallest absolute Gasteiger partial charge is 0.366 e. The Morgan fingerprint density at radius 3 is 1.43 bits per heavy atom. The minimum absolute atomic E-state index is 0.0449. The van der Waals surface area contributed by atoms with Crippen LogP contribution in [0.1, 0.15) is 129 Å². The number of allylic oxidation sites excluding steroid dienone is 3. The van der Waals surface area contributed by atoms with Crippen molar-refractivity contribution in [2.24, 2.45) is 0 Å². The third kappa shape index (κ3) is 21.4. The van der Waals surface area contributed by atoms with Gasteiger partial charge in [0.15, 0.2) is 0 Å². The predicted molar refractivity (Wildman–Crippen MR) is 152 cm³/mol. The van der Waals surface area contributed by atoms with Gasteiger partial charge in [-0.2, -0.15) is 0 Å². The van der Waals surface area contributed by atoms with E-state index < -0.39 is 12.9 Å². The summed E-state index contributed by atoms with van der Waals surface area (Å²) in [6.07, 6.45) is 32.1. The van der Waals surface area contributed by atoms with Crippen LogP contribution in [0.15, 0.2) is 24.3 Å². The Balaban J connectivity index is 3.62. The Kier molecular flexibility index (Phi) is 20.3. The fraction of sp³-hybridized carbons (Fsp3) is 0.862. The van der Waals surface area contributed by atoms with Crippen LogP contribution in [0.5, 0.6) is 0 Å².